The summed E-state index contributed by atoms with van der Waals surface area (Å²) in [5.74, 6) is -0.975. The fourth-order valence-electron chi connectivity index (χ4n) is 3.85. The highest BCUT2D eigenvalue weighted by molar-refractivity contribution is 9.10. The molecule has 3 aromatic heterocycles. The van der Waals surface area contributed by atoms with Crippen molar-refractivity contribution in [2.45, 2.75) is 38.5 Å². The number of Topliss-reactive ketones (excluding diaryl/α,β-unsaturated/α-hetero) is 1. The van der Waals surface area contributed by atoms with Gasteiger partial charge in [0.2, 0.25) is 5.91 Å². The van der Waals surface area contributed by atoms with E-state index in [0.717, 1.165) is 0 Å². The topological polar surface area (TPSA) is 137 Å². The lowest BCUT2D eigenvalue weighted by Gasteiger charge is -2.23. The van der Waals surface area contributed by atoms with Crippen LogP contribution in [0.3, 0.4) is 0 Å². The van der Waals surface area contributed by atoms with Crippen LogP contribution in [0.1, 0.15) is 28.3 Å². The first-order valence-corrected chi connectivity index (χ1v) is 11.2. The number of nitrogens with two attached hydrogens (primary N) is 1. The van der Waals surface area contributed by atoms with Crippen LogP contribution in [0.5, 0.6) is 0 Å². The highest BCUT2D eigenvalue weighted by Gasteiger charge is 2.39. The molecule has 1 aliphatic heterocycles. The van der Waals surface area contributed by atoms with Crippen molar-refractivity contribution < 1.29 is 18.8 Å². The lowest BCUT2D eigenvalue weighted by atomic mass is 10.0. The van der Waals surface area contributed by atoms with Crippen LogP contribution < -0.4 is 5.73 Å². The molecule has 3 aromatic rings. The summed E-state index contributed by atoms with van der Waals surface area (Å²) in [7, 11) is 0. The first kappa shape index (κ1) is 23.6. The molecule has 0 spiro atoms. The third-order valence-electron chi connectivity index (χ3n) is 5.45. The molecule has 0 unspecified atom stereocenters. The molecule has 2 amide bonds. The fourth-order valence-corrected chi connectivity index (χ4v) is 4.23. The van der Waals surface area contributed by atoms with Gasteiger partial charge in [-0.15, -0.1) is 0 Å². The molecule has 4 heterocycles. The zero-order valence-electron chi connectivity index (χ0n) is 18.2. The number of amides is 2. The summed E-state index contributed by atoms with van der Waals surface area (Å²) in [5.41, 5.74) is 6.80. The third-order valence-corrected chi connectivity index (χ3v) is 5.89. The monoisotopic (exact) mass is 529 g/mol. The van der Waals surface area contributed by atoms with Crippen molar-refractivity contribution in [3.05, 3.63) is 58.5 Å². The van der Waals surface area contributed by atoms with Crippen molar-refractivity contribution >= 4 is 33.5 Å². The van der Waals surface area contributed by atoms with Crippen LogP contribution in [-0.2, 0) is 22.6 Å². The number of pyridine rings is 1. The largest absolute Gasteiger partial charge is 0.365 e. The maximum atomic E-state index is 14.2. The summed E-state index contributed by atoms with van der Waals surface area (Å²) < 4.78 is 16.1. The Labute approximate surface area is 202 Å². The van der Waals surface area contributed by atoms with E-state index in [9.17, 15) is 18.8 Å². The van der Waals surface area contributed by atoms with Gasteiger partial charge in [-0.2, -0.15) is 5.10 Å². The second-order valence-electron chi connectivity index (χ2n) is 7.96. The molecule has 0 bridgehead atoms. The fraction of sp³-hybridized carbons (Fsp3) is 0.318. The maximum Gasteiger partial charge on any atom is 0.252 e. The molecule has 1 fully saturated rings. The zero-order chi connectivity index (χ0) is 24.4. The molecule has 12 heteroatoms. The Morgan fingerprint density at radius 3 is 2.65 bits per heavy atom. The number of carbonyl (C=O) groups excluding carboxylic acids is 3. The average Bonchev–Trinajstić information content (AvgIpc) is 3.38. The number of aryl methyl sites for hydroxylation is 1. The highest BCUT2D eigenvalue weighted by Crippen LogP contribution is 2.24. The summed E-state index contributed by atoms with van der Waals surface area (Å²) in [6.45, 7) is 1.23. The molecule has 2 atom stereocenters. The number of primary amides is 1. The predicted molar refractivity (Wildman–Crippen MR) is 122 cm³/mol. The molecular weight excluding hydrogens is 509 g/mol. The number of nitrogens with zero attached hydrogens (tertiary/aromatic N) is 6. The van der Waals surface area contributed by atoms with Crippen LogP contribution in [0.2, 0.25) is 0 Å². The second kappa shape index (κ2) is 9.75. The molecule has 0 radical (unpaired) electrons. The van der Waals surface area contributed by atoms with Gasteiger partial charge in [0, 0.05) is 36.3 Å². The molecule has 1 saturated heterocycles. The van der Waals surface area contributed by atoms with E-state index in [4.69, 9.17) is 5.73 Å². The van der Waals surface area contributed by atoms with Gasteiger partial charge in [-0.05, 0) is 35.0 Å². The van der Waals surface area contributed by atoms with Crippen molar-refractivity contribution in [3.8, 4) is 11.3 Å². The van der Waals surface area contributed by atoms with Gasteiger partial charge in [0.05, 0.1) is 24.6 Å². The minimum Gasteiger partial charge on any atom is -0.365 e. The van der Waals surface area contributed by atoms with Crippen molar-refractivity contribution in [2.24, 2.45) is 5.73 Å². The van der Waals surface area contributed by atoms with Crippen LogP contribution in [0, 0.1) is 6.92 Å². The molecule has 176 valence electrons. The third kappa shape index (κ3) is 5.16. The van der Waals surface area contributed by atoms with Gasteiger partial charge in [0.1, 0.15) is 28.8 Å². The Morgan fingerprint density at radius 2 is 1.97 bits per heavy atom. The Morgan fingerprint density at radius 1 is 1.24 bits per heavy atom. The smallest absolute Gasteiger partial charge is 0.252 e. The first-order chi connectivity index (χ1) is 16.2. The standard InChI is InChI=1S/C22H21BrFN7O3/c1-12-26-7-13(8-27-12)21-16(22(25)34)10-30(29-21)11-20(33)31-9-14(24)5-17(31)18(32)6-15-3-2-4-19(23)28-15/h2-4,7-8,10,14,17H,5-6,9,11H2,1H3,(H2,25,34)/t14-,17+/m1/s1. The summed E-state index contributed by atoms with van der Waals surface area (Å²) >= 11 is 3.26. The SMILES string of the molecule is Cc1ncc(-c2nn(CC(=O)N3C[C@H](F)C[C@H]3C(=O)Cc3cccc(Br)n3)cc2C(N)=O)cn1. The normalized spacial score (nSPS) is 17.7. The van der Waals surface area contributed by atoms with Crippen LogP contribution in [0.4, 0.5) is 4.39 Å². The van der Waals surface area contributed by atoms with Crippen molar-refractivity contribution in [2.75, 3.05) is 6.54 Å². The molecular formula is C22H21BrFN7O3. The number of alkyl halides is 1. The van der Waals surface area contributed by atoms with Gasteiger partial charge in [-0.1, -0.05) is 6.07 Å². The average molecular weight is 530 g/mol. The van der Waals surface area contributed by atoms with E-state index in [1.807, 2.05) is 0 Å². The molecule has 10 nitrogen and oxygen atoms in total. The van der Waals surface area contributed by atoms with Crippen LogP contribution in [0.25, 0.3) is 11.3 Å². The number of hydrogen-bond donors (Lipinski definition) is 1. The van der Waals surface area contributed by atoms with E-state index in [0.29, 0.717) is 21.7 Å². The lowest BCUT2D eigenvalue weighted by molar-refractivity contribution is -0.138. The van der Waals surface area contributed by atoms with Crippen molar-refractivity contribution in [3.63, 3.8) is 0 Å². The minimum absolute atomic E-state index is 0.0221. The molecule has 2 N–H and O–H groups in total. The van der Waals surface area contributed by atoms with Gasteiger partial charge >= 0.3 is 0 Å². The molecule has 0 saturated carbocycles. The Bertz CT molecular complexity index is 1250. The minimum atomic E-state index is -1.31. The number of halogens is 2. The van der Waals surface area contributed by atoms with Gasteiger partial charge in [-0.3, -0.25) is 19.1 Å². The summed E-state index contributed by atoms with van der Waals surface area (Å²) in [4.78, 5) is 51.5. The predicted octanol–water partition coefficient (Wildman–Crippen LogP) is 1.66. The number of ketones is 1. The Kier molecular flexibility index (Phi) is 6.77. The lowest BCUT2D eigenvalue weighted by Crippen LogP contribution is -2.43. The van der Waals surface area contributed by atoms with Crippen LogP contribution in [0.15, 0.2) is 41.4 Å². The molecule has 4 rings (SSSR count). The van der Waals surface area contributed by atoms with E-state index in [1.54, 1.807) is 25.1 Å². The van der Waals surface area contributed by atoms with Crippen LogP contribution in [-0.4, -0.2) is 66.0 Å². The maximum absolute atomic E-state index is 14.2. The van der Waals surface area contributed by atoms with Crippen molar-refractivity contribution in [1.29, 1.82) is 0 Å². The quantitative estimate of drug-likeness (QED) is 0.459. The molecule has 1 aliphatic rings. The molecule has 0 aliphatic carbocycles. The van der Waals surface area contributed by atoms with E-state index in [-0.39, 0.29) is 43.0 Å². The van der Waals surface area contributed by atoms with Crippen molar-refractivity contribution in [1.82, 2.24) is 29.6 Å². The Balaban J connectivity index is 1.52. The van der Waals surface area contributed by atoms with E-state index < -0.39 is 24.0 Å². The first-order valence-electron chi connectivity index (χ1n) is 10.4. The number of carbonyl (C=O) groups is 3. The van der Waals surface area contributed by atoms with E-state index in [1.165, 1.54) is 28.2 Å². The number of likely N-dealkylation sites (tertiary alicyclic amines) is 1. The summed E-state index contributed by atoms with van der Waals surface area (Å²) in [6, 6.07) is 4.28. The number of rotatable bonds is 7. The molecule has 34 heavy (non-hydrogen) atoms. The second-order valence-corrected chi connectivity index (χ2v) is 8.77. The zero-order valence-corrected chi connectivity index (χ0v) is 19.8. The Hall–Kier alpha value is -3.54. The number of hydrogen-bond acceptors (Lipinski definition) is 7. The van der Waals surface area contributed by atoms with Gasteiger partial charge in [-0.25, -0.2) is 19.3 Å². The van der Waals surface area contributed by atoms with E-state index in [2.05, 4.69) is 36.0 Å². The summed E-state index contributed by atoms with van der Waals surface area (Å²) in [6.07, 6.45) is 2.94. The van der Waals surface area contributed by atoms with Gasteiger partial charge in [0.15, 0.2) is 5.78 Å². The van der Waals surface area contributed by atoms with Gasteiger partial charge in [0.25, 0.3) is 5.91 Å². The summed E-state index contributed by atoms with van der Waals surface area (Å²) in [5, 5.41) is 4.30. The van der Waals surface area contributed by atoms with E-state index >= 15 is 0 Å². The molecule has 0 aromatic carbocycles. The number of aromatic nitrogens is 5. The highest BCUT2D eigenvalue weighted by atomic mass is 79.9. The van der Waals surface area contributed by atoms with Gasteiger partial charge < -0.3 is 10.6 Å². The van der Waals surface area contributed by atoms with Crippen LogP contribution >= 0.6 is 15.9 Å².